The Balaban J connectivity index is 2.87. The van der Waals surface area contributed by atoms with Crippen LogP contribution in [0.25, 0.3) is 0 Å². The molecule has 0 aliphatic rings. The van der Waals surface area contributed by atoms with E-state index in [1.165, 1.54) is 0 Å². The van der Waals surface area contributed by atoms with Crippen molar-refractivity contribution in [1.29, 1.82) is 0 Å². The fourth-order valence-electron chi connectivity index (χ4n) is 2.28. The first-order valence-electron chi connectivity index (χ1n) is 7.75. The maximum Gasteiger partial charge on any atom is 0.272 e. The molecule has 3 N–H and O–H groups in total. The van der Waals surface area contributed by atoms with Crippen LogP contribution in [0.15, 0.2) is 18.3 Å². The highest BCUT2D eigenvalue weighted by molar-refractivity contribution is 5.93. The highest BCUT2D eigenvalue weighted by atomic mass is 16.2. The predicted octanol–water partition coefficient (Wildman–Crippen LogP) is 2.35. The summed E-state index contributed by atoms with van der Waals surface area (Å²) in [7, 11) is 0. The second-order valence-electron chi connectivity index (χ2n) is 5.48. The molecule has 0 saturated heterocycles. The summed E-state index contributed by atoms with van der Waals surface area (Å²) in [5.74, 6) is 0.451. The van der Waals surface area contributed by atoms with Crippen LogP contribution in [0.3, 0.4) is 0 Å². The molecule has 0 bridgehead atoms. The van der Waals surface area contributed by atoms with E-state index in [1.54, 1.807) is 11.1 Å². The van der Waals surface area contributed by atoms with Gasteiger partial charge >= 0.3 is 0 Å². The number of nitrogens with two attached hydrogens (primary N) is 1. The van der Waals surface area contributed by atoms with Gasteiger partial charge in [0.1, 0.15) is 5.69 Å². The van der Waals surface area contributed by atoms with E-state index in [1.807, 2.05) is 26.0 Å². The molecule has 0 saturated carbocycles. The van der Waals surface area contributed by atoms with E-state index in [0.717, 1.165) is 12.1 Å². The Labute approximate surface area is 127 Å². The van der Waals surface area contributed by atoms with Crippen LogP contribution in [0.1, 0.15) is 44.6 Å². The topological polar surface area (TPSA) is 71.2 Å². The summed E-state index contributed by atoms with van der Waals surface area (Å²) in [4.78, 5) is 18.3. The van der Waals surface area contributed by atoms with Crippen molar-refractivity contribution in [2.75, 3.05) is 25.0 Å². The third-order valence-electron chi connectivity index (χ3n) is 3.66. The molecule has 1 heterocycles. The van der Waals surface area contributed by atoms with Gasteiger partial charge in [-0.25, -0.2) is 0 Å². The first-order chi connectivity index (χ1) is 10.0. The average molecular weight is 292 g/mol. The third kappa shape index (κ3) is 5.01. The van der Waals surface area contributed by atoms with Gasteiger partial charge in [0, 0.05) is 31.0 Å². The van der Waals surface area contributed by atoms with Crippen molar-refractivity contribution >= 4 is 11.6 Å². The fraction of sp³-hybridized carbons (Fsp3) is 0.625. The van der Waals surface area contributed by atoms with Crippen LogP contribution >= 0.6 is 0 Å². The molecule has 0 aliphatic heterocycles. The molecule has 1 amide bonds. The highest BCUT2D eigenvalue weighted by Gasteiger charge is 2.16. The van der Waals surface area contributed by atoms with Crippen molar-refractivity contribution in [2.45, 2.75) is 40.2 Å². The van der Waals surface area contributed by atoms with Gasteiger partial charge in [0.2, 0.25) is 0 Å². The second-order valence-corrected chi connectivity index (χ2v) is 5.48. The van der Waals surface area contributed by atoms with Crippen molar-refractivity contribution in [2.24, 2.45) is 11.7 Å². The van der Waals surface area contributed by atoms with E-state index in [9.17, 15) is 4.79 Å². The van der Waals surface area contributed by atoms with Crippen molar-refractivity contribution in [3.05, 3.63) is 24.0 Å². The van der Waals surface area contributed by atoms with Gasteiger partial charge in [0.05, 0.1) is 0 Å². The minimum absolute atomic E-state index is 0.0245. The first kappa shape index (κ1) is 17.4. The van der Waals surface area contributed by atoms with Crippen LogP contribution < -0.4 is 11.1 Å². The maximum atomic E-state index is 12.3. The molecule has 1 unspecified atom stereocenters. The van der Waals surface area contributed by atoms with Crippen LogP contribution in [0, 0.1) is 5.92 Å². The summed E-state index contributed by atoms with van der Waals surface area (Å²) in [6.07, 6.45) is 2.58. The number of carbonyl (C=O) groups is 1. The van der Waals surface area contributed by atoms with Gasteiger partial charge in [0.25, 0.3) is 5.91 Å². The summed E-state index contributed by atoms with van der Waals surface area (Å²) >= 11 is 0. The number of hydrogen-bond acceptors (Lipinski definition) is 4. The molecular weight excluding hydrogens is 264 g/mol. The molecule has 1 atom stereocenters. The lowest BCUT2D eigenvalue weighted by Gasteiger charge is -2.23. The largest absolute Gasteiger partial charge is 0.382 e. The lowest BCUT2D eigenvalue weighted by Crippen LogP contribution is -2.31. The Morgan fingerprint density at radius 2 is 2.05 bits per heavy atom. The Hall–Kier alpha value is -1.62. The van der Waals surface area contributed by atoms with Crippen LogP contribution in [-0.2, 0) is 0 Å². The normalized spacial score (nSPS) is 12.3. The summed E-state index contributed by atoms with van der Waals surface area (Å²) in [6.45, 7) is 10.3. The molecule has 5 nitrogen and oxygen atoms in total. The van der Waals surface area contributed by atoms with Crippen molar-refractivity contribution in [3.8, 4) is 0 Å². The Kier molecular flexibility index (Phi) is 7.15. The second kappa shape index (κ2) is 8.62. The number of carbonyl (C=O) groups excluding carboxylic acids is 1. The molecule has 5 heteroatoms. The van der Waals surface area contributed by atoms with E-state index in [0.29, 0.717) is 37.3 Å². The molecule has 0 aliphatic carbocycles. The molecule has 0 radical (unpaired) electrons. The number of aromatic nitrogens is 1. The molecule has 118 valence electrons. The SMILES string of the molecule is CCN(CC)C(=O)c1cc(NC(CCN)C(C)C)ccn1. The molecule has 0 spiro atoms. The van der Waals surface area contributed by atoms with Crippen molar-refractivity contribution in [1.82, 2.24) is 9.88 Å². The maximum absolute atomic E-state index is 12.3. The average Bonchev–Trinajstić information content (AvgIpc) is 2.48. The quantitative estimate of drug-likeness (QED) is 0.771. The molecule has 1 aromatic rings. The van der Waals surface area contributed by atoms with Crippen molar-refractivity contribution < 1.29 is 4.79 Å². The van der Waals surface area contributed by atoms with Crippen LogP contribution in [0.2, 0.25) is 0 Å². The van der Waals surface area contributed by atoms with Crippen LogP contribution in [0.4, 0.5) is 5.69 Å². The molecule has 1 rings (SSSR count). The number of hydrogen-bond donors (Lipinski definition) is 2. The number of pyridine rings is 1. The summed E-state index contributed by atoms with van der Waals surface area (Å²) in [5, 5.41) is 3.46. The zero-order chi connectivity index (χ0) is 15.8. The number of nitrogens with one attached hydrogen (secondary N) is 1. The standard InChI is InChI=1S/C16H28N4O/c1-5-20(6-2)16(21)15-11-13(8-10-18-15)19-14(7-9-17)12(3)4/h8,10-12,14H,5-7,9,17H2,1-4H3,(H,18,19). The van der Waals surface area contributed by atoms with Gasteiger partial charge < -0.3 is 16.0 Å². The minimum Gasteiger partial charge on any atom is -0.382 e. The van der Waals surface area contributed by atoms with Crippen molar-refractivity contribution in [3.63, 3.8) is 0 Å². The zero-order valence-corrected chi connectivity index (χ0v) is 13.6. The minimum atomic E-state index is -0.0245. The summed E-state index contributed by atoms with van der Waals surface area (Å²) in [5.41, 5.74) is 7.07. The van der Waals surface area contributed by atoms with Gasteiger partial charge in [-0.1, -0.05) is 13.8 Å². The number of nitrogens with zero attached hydrogens (tertiary/aromatic N) is 2. The van der Waals surface area contributed by atoms with Crippen LogP contribution in [-0.4, -0.2) is 41.5 Å². The first-order valence-corrected chi connectivity index (χ1v) is 7.75. The van der Waals surface area contributed by atoms with Gasteiger partial charge in [-0.3, -0.25) is 9.78 Å². The molecule has 1 aromatic heterocycles. The molecule has 21 heavy (non-hydrogen) atoms. The van der Waals surface area contributed by atoms with E-state index in [4.69, 9.17) is 5.73 Å². The molecule has 0 aromatic carbocycles. The summed E-state index contributed by atoms with van der Waals surface area (Å²) < 4.78 is 0. The monoisotopic (exact) mass is 292 g/mol. The fourth-order valence-corrected chi connectivity index (χ4v) is 2.28. The molecular formula is C16H28N4O. The zero-order valence-electron chi connectivity index (χ0n) is 13.6. The summed E-state index contributed by atoms with van der Waals surface area (Å²) in [6, 6.07) is 4.02. The Bertz CT molecular complexity index is 444. The number of rotatable bonds is 8. The number of amides is 1. The highest BCUT2D eigenvalue weighted by Crippen LogP contribution is 2.16. The Morgan fingerprint density at radius 1 is 1.38 bits per heavy atom. The van der Waals surface area contributed by atoms with Gasteiger partial charge in [-0.05, 0) is 44.9 Å². The molecule has 0 fully saturated rings. The van der Waals surface area contributed by atoms with E-state index < -0.39 is 0 Å². The van der Waals surface area contributed by atoms with Gasteiger partial charge in [0.15, 0.2) is 0 Å². The van der Waals surface area contributed by atoms with E-state index >= 15 is 0 Å². The van der Waals surface area contributed by atoms with E-state index in [2.05, 4.69) is 24.1 Å². The lowest BCUT2D eigenvalue weighted by molar-refractivity contribution is 0.0767. The van der Waals surface area contributed by atoms with Gasteiger partial charge in [-0.2, -0.15) is 0 Å². The smallest absolute Gasteiger partial charge is 0.272 e. The third-order valence-corrected chi connectivity index (χ3v) is 3.66. The Morgan fingerprint density at radius 3 is 2.57 bits per heavy atom. The lowest BCUT2D eigenvalue weighted by atomic mass is 10.0. The van der Waals surface area contributed by atoms with E-state index in [-0.39, 0.29) is 5.91 Å². The van der Waals surface area contributed by atoms with Gasteiger partial charge in [-0.15, -0.1) is 0 Å². The predicted molar refractivity (Wildman–Crippen MR) is 87.4 cm³/mol. The van der Waals surface area contributed by atoms with Crippen LogP contribution in [0.5, 0.6) is 0 Å². The number of anilines is 1.